The smallest absolute Gasteiger partial charge is 0.235 e. The highest BCUT2D eigenvalue weighted by Gasteiger charge is 2.19. The lowest BCUT2D eigenvalue weighted by Crippen LogP contribution is -2.03. The summed E-state index contributed by atoms with van der Waals surface area (Å²) >= 11 is 0. The van der Waals surface area contributed by atoms with Gasteiger partial charge in [-0.25, -0.2) is 13.2 Å². The molecule has 0 amide bonds. The Kier molecular flexibility index (Phi) is 2.94. The first-order valence-electron chi connectivity index (χ1n) is 5.88. The van der Waals surface area contributed by atoms with Crippen LogP contribution in [0, 0.1) is 17.5 Å². The van der Waals surface area contributed by atoms with E-state index in [0.29, 0.717) is 0 Å². The lowest BCUT2D eigenvalue weighted by Gasteiger charge is -2.07. The van der Waals surface area contributed by atoms with E-state index in [1.165, 1.54) is 0 Å². The molecule has 0 atom stereocenters. The Balaban J connectivity index is 2.40. The maximum atomic E-state index is 13.7. The SMILES string of the molecule is O=c1c(O)c(-c2cc(F)ccc2F)oc2cc(F)ccc12. The van der Waals surface area contributed by atoms with Gasteiger partial charge in [0.15, 0.2) is 5.76 Å². The molecule has 2 aromatic carbocycles. The Hall–Kier alpha value is -2.76. The van der Waals surface area contributed by atoms with Gasteiger partial charge in [0.2, 0.25) is 11.2 Å². The van der Waals surface area contributed by atoms with E-state index in [0.717, 1.165) is 36.4 Å². The zero-order valence-corrected chi connectivity index (χ0v) is 10.4. The highest BCUT2D eigenvalue weighted by atomic mass is 19.1. The topological polar surface area (TPSA) is 50.4 Å². The summed E-state index contributed by atoms with van der Waals surface area (Å²) in [6.45, 7) is 0. The van der Waals surface area contributed by atoms with Gasteiger partial charge in [0.25, 0.3) is 0 Å². The minimum absolute atomic E-state index is 0.0607. The summed E-state index contributed by atoms with van der Waals surface area (Å²) in [5, 5.41) is 9.78. The molecule has 0 aliphatic heterocycles. The molecule has 0 saturated carbocycles. The summed E-state index contributed by atoms with van der Waals surface area (Å²) in [4.78, 5) is 12.0. The molecule has 3 nitrogen and oxygen atoms in total. The quantitative estimate of drug-likeness (QED) is 0.745. The van der Waals surface area contributed by atoms with Crippen LogP contribution in [0.4, 0.5) is 13.2 Å². The van der Waals surface area contributed by atoms with Gasteiger partial charge >= 0.3 is 0 Å². The van der Waals surface area contributed by atoms with E-state index < -0.39 is 40.0 Å². The van der Waals surface area contributed by atoms with E-state index >= 15 is 0 Å². The van der Waals surface area contributed by atoms with Gasteiger partial charge in [-0.15, -0.1) is 0 Å². The molecular formula is C15H7F3O3. The van der Waals surface area contributed by atoms with Crippen LogP contribution >= 0.6 is 0 Å². The predicted octanol–water partition coefficient (Wildman–Crippen LogP) is 3.58. The Bertz CT molecular complexity index is 916. The normalized spacial score (nSPS) is 11.0. The summed E-state index contributed by atoms with van der Waals surface area (Å²) in [7, 11) is 0. The van der Waals surface area contributed by atoms with Crippen molar-refractivity contribution in [3.8, 4) is 17.1 Å². The second-order valence-electron chi connectivity index (χ2n) is 4.37. The zero-order chi connectivity index (χ0) is 15.1. The van der Waals surface area contributed by atoms with Crippen LogP contribution in [0.25, 0.3) is 22.3 Å². The van der Waals surface area contributed by atoms with Gasteiger partial charge in [-0.05, 0) is 30.3 Å². The predicted molar refractivity (Wildman–Crippen MR) is 69.5 cm³/mol. The number of halogens is 3. The molecule has 0 bridgehead atoms. The number of fused-ring (bicyclic) bond motifs is 1. The van der Waals surface area contributed by atoms with Crippen molar-refractivity contribution in [2.75, 3.05) is 0 Å². The summed E-state index contributed by atoms with van der Waals surface area (Å²) < 4.78 is 45.3. The molecule has 21 heavy (non-hydrogen) atoms. The van der Waals surface area contributed by atoms with Gasteiger partial charge in [0.1, 0.15) is 23.0 Å². The first-order valence-corrected chi connectivity index (χ1v) is 5.88. The Morgan fingerprint density at radius 2 is 1.62 bits per heavy atom. The fourth-order valence-corrected chi connectivity index (χ4v) is 2.01. The monoisotopic (exact) mass is 292 g/mol. The molecule has 1 aromatic heterocycles. The fourth-order valence-electron chi connectivity index (χ4n) is 2.01. The standard InChI is InChI=1S/C15H7F3O3/c16-7-2-4-11(18)10(5-7)15-14(20)13(19)9-3-1-8(17)6-12(9)21-15/h1-6,20H. The fraction of sp³-hybridized carbons (Fsp3) is 0. The van der Waals surface area contributed by atoms with Gasteiger partial charge < -0.3 is 9.52 Å². The molecule has 0 saturated heterocycles. The van der Waals surface area contributed by atoms with Gasteiger partial charge in [0, 0.05) is 6.07 Å². The van der Waals surface area contributed by atoms with Gasteiger partial charge in [0.05, 0.1) is 10.9 Å². The molecule has 0 unspecified atom stereocenters. The molecule has 0 fully saturated rings. The summed E-state index contributed by atoms with van der Waals surface area (Å²) in [5.74, 6) is -3.73. The first-order chi connectivity index (χ1) is 9.97. The molecule has 3 rings (SSSR count). The summed E-state index contributed by atoms with van der Waals surface area (Å²) in [6, 6.07) is 5.59. The minimum Gasteiger partial charge on any atom is -0.502 e. The van der Waals surface area contributed by atoms with Gasteiger partial charge in [-0.3, -0.25) is 4.79 Å². The van der Waals surface area contributed by atoms with Crippen LogP contribution in [0.3, 0.4) is 0 Å². The Morgan fingerprint density at radius 3 is 2.38 bits per heavy atom. The van der Waals surface area contributed by atoms with Crippen molar-refractivity contribution in [3.63, 3.8) is 0 Å². The molecule has 3 aromatic rings. The van der Waals surface area contributed by atoms with Gasteiger partial charge in [-0.2, -0.15) is 0 Å². The Morgan fingerprint density at radius 1 is 0.952 bits per heavy atom. The van der Waals surface area contributed by atoms with Crippen LogP contribution in [0.1, 0.15) is 0 Å². The van der Waals surface area contributed by atoms with E-state index in [9.17, 15) is 23.1 Å². The molecule has 1 heterocycles. The van der Waals surface area contributed by atoms with Crippen molar-refractivity contribution in [2.24, 2.45) is 0 Å². The van der Waals surface area contributed by atoms with E-state index in [1.807, 2.05) is 0 Å². The Labute approximate surface area is 115 Å². The summed E-state index contributed by atoms with van der Waals surface area (Å²) in [5.41, 5.74) is -1.44. The van der Waals surface area contributed by atoms with Crippen LogP contribution in [0.15, 0.2) is 45.6 Å². The molecule has 0 spiro atoms. The second-order valence-corrected chi connectivity index (χ2v) is 4.37. The molecule has 6 heteroatoms. The number of benzene rings is 2. The number of aromatic hydroxyl groups is 1. The lowest BCUT2D eigenvalue weighted by atomic mass is 10.1. The van der Waals surface area contributed by atoms with Crippen molar-refractivity contribution in [3.05, 3.63) is 64.1 Å². The van der Waals surface area contributed by atoms with Crippen LogP contribution in [0.2, 0.25) is 0 Å². The largest absolute Gasteiger partial charge is 0.502 e. The van der Waals surface area contributed by atoms with Crippen molar-refractivity contribution < 1.29 is 22.7 Å². The highest BCUT2D eigenvalue weighted by Crippen LogP contribution is 2.32. The van der Waals surface area contributed by atoms with Crippen molar-refractivity contribution in [1.82, 2.24) is 0 Å². The van der Waals surface area contributed by atoms with Crippen molar-refractivity contribution in [1.29, 1.82) is 0 Å². The molecule has 0 aliphatic carbocycles. The third-order valence-electron chi connectivity index (χ3n) is 3.00. The molecule has 106 valence electrons. The molecule has 0 aliphatic rings. The molecular weight excluding hydrogens is 285 g/mol. The highest BCUT2D eigenvalue weighted by molar-refractivity contribution is 5.81. The van der Waals surface area contributed by atoms with Crippen LogP contribution in [-0.4, -0.2) is 5.11 Å². The van der Waals surface area contributed by atoms with Crippen LogP contribution in [-0.2, 0) is 0 Å². The van der Waals surface area contributed by atoms with E-state index in [-0.39, 0.29) is 11.0 Å². The van der Waals surface area contributed by atoms with Crippen LogP contribution < -0.4 is 5.43 Å². The first kappa shape index (κ1) is 13.2. The van der Waals surface area contributed by atoms with Crippen molar-refractivity contribution in [2.45, 2.75) is 0 Å². The summed E-state index contributed by atoms with van der Waals surface area (Å²) in [6.07, 6.45) is 0. The average molecular weight is 292 g/mol. The van der Waals surface area contributed by atoms with Crippen molar-refractivity contribution >= 4 is 11.0 Å². The third kappa shape index (κ3) is 2.14. The third-order valence-corrected chi connectivity index (χ3v) is 3.00. The maximum absolute atomic E-state index is 13.7. The van der Waals surface area contributed by atoms with E-state index in [2.05, 4.69) is 0 Å². The molecule has 1 N–H and O–H groups in total. The lowest BCUT2D eigenvalue weighted by molar-refractivity contribution is 0.447. The van der Waals surface area contributed by atoms with Crippen LogP contribution in [0.5, 0.6) is 5.75 Å². The van der Waals surface area contributed by atoms with E-state index in [1.54, 1.807) is 0 Å². The second kappa shape index (κ2) is 4.66. The van der Waals surface area contributed by atoms with Gasteiger partial charge in [-0.1, -0.05) is 0 Å². The zero-order valence-electron chi connectivity index (χ0n) is 10.4. The number of hydrogen-bond donors (Lipinski definition) is 1. The molecule has 0 radical (unpaired) electrons. The van der Waals surface area contributed by atoms with E-state index in [4.69, 9.17) is 4.42 Å². The number of hydrogen-bond acceptors (Lipinski definition) is 3. The maximum Gasteiger partial charge on any atom is 0.235 e. The number of rotatable bonds is 1. The average Bonchev–Trinajstić information content (AvgIpc) is 2.45. The minimum atomic E-state index is -0.884.